The van der Waals surface area contributed by atoms with Crippen molar-refractivity contribution in [3.05, 3.63) is 45.4 Å². The van der Waals surface area contributed by atoms with Crippen LogP contribution in [0.4, 0.5) is 5.69 Å². The smallest absolute Gasteiger partial charge is 0.221 e. The number of aryl methyl sites for hydroxylation is 2. The Morgan fingerprint density at radius 1 is 1.40 bits per heavy atom. The number of nitrogens with zero attached hydrogens (tertiary/aromatic N) is 1. The van der Waals surface area contributed by atoms with Crippen LogP contribution in [0.3, 0.4) is 0 Å². The lowest BCUT2D eigenvalue weighted by Gasteiger charge is -2.17. The van der Waals surface area contributed by atoms with E-state index in [0.29, 0.717) is 0 Å². The van der Waals surface area contributed by atoms with Crippen molar-refractivity contribution in [1.29, 1.82) is 0 Å². The first-order chi connectivity index (χ1) is 9.47. The number of primary amides is 1. The fourth-order valence-corrected chi connectivity index (χ4v) is 3.18. The van der Waals surface area contributed by atoms with Gasteiger partial charge < -0.3 is 11.1 Å². The SMILES string of the molecule is Cc1nc(C)c(C(C)Nc2ccccc2CC(N)=O)s1. The minimum Gasteiger partial charge on any atom is -0.377 e. The van der Waals surface area contributed by atoms with Gasteiger partial charge in [0.15, 0.2) is 0 Å². The van der Waals surface area contributed by atoms with Gasteiger partial charge in [0.1, 0.15) is 0 Å². The van der Waals surface area contributed by atoms with Crippen LogP contribution in [0.1, 0.15) is 34.1 Å². The molecule has 1 amide bonds. The van der Waals surface area contributed by atoms with Crippen molar-refractivity contribution in [1.82, 2.24) is 4.98 Å². The van der Waals surface area contributed by atoms with Crippen molar-refractivity contribution in [3.8, 4) is 0 Å². The van der Waals surface area contributed by atoms with Crippen LogP contribution in [0.25, 0.3) is 0 Å². The molecule has 0 bridgehead atoms. The van der Waals surface area contributed by atoms with Gasteiger partial charge in [0.2, 0.25) is 5.91 Å². The predicted octanol–water partition coefficient (Wildman–Crippen LogP) is 2.96. The number of benzene rings is 1. The molecular formula is C15H19N3OS. The van der Waals surface area contributed by atoms with Crippen LogP contribution in [0, 0.1) is 13.8 Å². The summed E-state index contributed by atoms with van der Waals surface area (Å²) < 4.78 is 0. The summed E-state index contributed by atoms with van der Waals surface area (Å²) in [5, 5.41) is 4.52. The topological polar surface area (TPSA) is 68.0 Å². The second-order valence-electron chi connectivity index (χ2n) is 4.85. The lowest BCUT2D eigenvalue weighted by molar-refractivity contribution is -0.117. The number of aromatic nitrogens is 1. The summed E-state index contributed by atoms with van der Waals surface area (Å²) >= 11 is 1.70. The quantitative estimate of drug-likeness (QED) is 0.889. The van der Waals surface area contributed by atoms with Gasteiger partial charge in [-0.3, -0.25) is 4.79 Å². The second-order valence-corrected chi connectivity index (χ2v) is 6.08. The lowest BCUT2D eigenvalue weighted by atomic mass is 10.1. The van der Waals surface area contributed by atoms with E-state index >= 15 is 0 Å². The van der Waals surface area contributed by atoms with Crippen LogP contribution in [0.5, 0.6) is 0 Å². The van der Waals surface area contributed by atoms with E-state index in [1.807, 2.05) is 38.1 Å². The van der Waals surface area contributed by atoms with Gasteiger partial charge in [-0.25, -0.2) is 4.98 Å². The molecule has 1 aromatic carbocycles. The van der Waals surface area contributed by atoms with Crippen LogP contribution >= 0.6 is 11.3 Å². The Kier molecular flexibility index (Phi) is 4.39. The molecule has 0 aliphatic carbocycles. The van der Waals surface area contributed by atoms with E-state index in [4.69, 9.17) is 5.73 Å². The Labute approximate surface area is 123 Å². The fraction of sp³-hybridized carbons (Fsp3) is 0.333. The summed E-state index contributed by atoms with van der Waals surface area (Å²) in [5.41, 5.74) is 8.21. The standard InChI is InChI=1S/C15H19N3OS/c1-9-15(20-11(3)17-9)10(2)18-13-7-5-4-6-12(13)8-14(16)19/h4-7,10,18H,8H2,1-3H3,(H2,16,19). The van der Waals surface area contributed by atoms with Gasteiger partial charge in [-0.2, -0.15) is 0 Å². The average molecular weight is 289 g/mol. The number of hydrogen-bond acceptors (Lipinski definition) is 4. The van der Waals surface area contributed by atoms with E-state index in [1.165, 1.54) is 4.88 Å². The van der Waals surface area contributed by atoms with E-state index in [2.05, 4.69) is 17.2 Å². The summed E-state index contributed by atoms with van der Waals surface area (Å²) in [6, 6.07) is 7.90. The molecule has 0 saturated heterocycles. The molecule has 1 aromatic heterocycles. The van der Waals surface area contributed by atoms with E-state index in [-0.39, 0.29) is 18.4 Å². The molecule has 1 unspecified atom stereocenters. The van der Waals surface area contributed by atoms with Crippen LogP contribution in [0.15, 0.2) is 24.3 Å². The molecule has 1 atom stereocenters. The first-order valence-corrected chi connectivity index (χ1v) is 7.35. The minimum absolute atomic E-state index is 0.148. The number of nitrogens with one attached hydrogen (secondary N) is 1. The number of thiazole rings is 1. The van der Waals surface area contributed by atoms with E-state index in [1.54, 1.807) is 11.3 Å². The lowest BCUT2D eigenvalue weighted by Crippen LogP contribution is -2.16. The zero-order valence-electron chi connectivity index (χ0n) is 11.9. The number of amides is 1. The van der Waals surface area contributed by atoms with Crippen molar-refractivity contribution in [2.45, 2.75) is 33.2 Å². The molecule has 3 N–H and O–H groups in total. The third-order valence-corrected chi connectivity index (χ3v) is 4.34. The average Bonchev–Trinajstić information content (AvgIpc) is 2.70. The maximum Gasteiger partial charge on any atom is 0.221 e. The molecule has 0 aliphatic rings. The Morgan fingerprint density at radius 3 is 2.70 bits per heavy atom. The van der Waals surface area contributed by atoms with Gasteiger partial charge in [-0.05, 0) is 32.4 Å². The van der Waals surface area contributed by atoms with E-state index in [9.17, 15) is 4.79 Å². The molecule has 106 valence electrons. The predicted molar refractivity (Wildman–Crippen MR) is 83.0 cm³/mol. The number of anilines is 1. The highest BCUT2D eigenvalue weighted by Crippen LogP contribution is 2.28. The molecule has 2 aromatic rings. The fourth-order valence-electron chi connectivity index (χ4n) is 2.25. The zero-order valence-corrected chi connectivity index (χ0v) is 12.8. The van der Waals surface area contributed by atoms with Crippen molar-refractivity contribution in [3.63, 3.8) is 0 Å². The Morgan fingerprint density at radius 2 is 2.10 bits per heavy atom. The van der Waals surface area contributed by atoms with E-state index in [0.717, 1.165) is 22.0 Å². The summed E-state index contributed by atoms with van der Waals surface area (Å²) in [5.74, 6) is -0.322. The summed E-state index contributed by atoms with van der Waals surface area (Å²) in [7, 11) is 0. The van der Waals surface area contributed by atoms with Crippen LogP contribution < -0.4 is 11.1 Å². The molecule has 20 heavy (non-hydrogen) atoms. The Bertz CT molecular complexity index is 621. The first kappa shape index (κ1) is 14.5. The first-order valence-electron chi connectivity index (χ1n) is 6.54. The molecule has 0 radical (unpaired) electrons. The maximum absolute atomic E-state index is 11.1. The highest BCUT2D eigenvalue weighted by Gasteiger charge is 2.14. The van der Waals surface area contributed by atoms with Crippen LogP contribution in [0.2, 0.25) is 0 Å². The Balaban J connectivity index is 2.21. The normalized spacial score (nSPS) is 12.2. The molecule has 4 nitrogen and oxygen atoms in total. The monoisotopic (exact) mass is 289 g/mol. The van der Waals surface area contributed by atoms with E-state index < -0.39 is 0 Å². The second kappa shape index (κ2) is 6.05. The van der Waals surface area contributed by atoms with Gasteiger partial charge in [0.05, 0.1) is 23.2 Å². The minimum atomic E-state index is -0.322. The molecule has 0 fully saturated rings. The molecule has 0 saturated carbocycles. The van der Waals surface area contributed by atoms with Gasteiger partial charge in [-0.1, -0.05) is 18.2 Å². The maximum atomic E-state index is 11.1. The van der Waals surface area contributed by atoms with Crippen molar-refractivity contribution in [2.24, 2.45) is 5.73 Å². The molecule has 2 rings (SSSR count). The van der Waals surface area contributed by atoms with Gasteiger partial charge in [-0.15, -0.1) is 11.3 Å². The molecule has 1 heterocycles. The summed E-state index contributed by atoms with van der Waals surface area (Å²) in [4.78, 5) is 16.8. The number of rotatable bonds is 5. The summed E-state index contributed by atoms with van der Waals surface area (Å²) in [6.45, 7) is 6.13. The highest BCUT2D eigenvalue weighted by molar-refractivity contribution is 7.11. The van der Waals surface area contributed by atoms with Crippen molar-refractivity contribution < 1.29 is 4.79 Å². The largest absolute Gasteiger partial charge is 0.377 e. The molecule has 0 spiro atoms. The summed E-state index contributed by atoms with van der Waals surface area (Å²) in [6.07, 6.45) is 0.247. The van der Waals surface area contributed by atoms with Gasteiger partial charge in [0.25, 0.3) is 0 Å². The molecular weight excluding hydrogens is 270 g/mol. The van der Waals surface area contributed by atoms with Crippen LogP contribution in [-0.2, 0) is 11.2 Å². The zero-order chi connectivity index (χ0) is 14.7. The van der Waals surface area contributed by atoms with Crippen LogP contribution in [-0.4, -0.2) is 10.9 Å². The number of nitrogens with two attached hydrogens (primary N) is 1. The third kappa shape index (κ3) is 3.36. The van der Waals surface area contributed by atoms with Crippen molar-refractivity contribution in [2.75, 3.05) is 5.32 Å². The number of carbonyl (C=O) groups excluding carboxylic acids is 1. The van der Waals surface area contributed by atoms with Crippen molar-refractivity contribution >= 4 is 22.9 Å². The Hall–Kier alpha value is -1.88. The van der Waals surface area contributed by atoms with Gasteiger partial charge in [0, 0.05) is 10.6 Å². The number of para-hydroxylation sites is 1. The molecule has 5 heteroatoms. The third-order valence-electron chi connectivity index (χ3n) is 3.09. The molecule has 0 aliphatic heterocycles. The van der Waals surface area contributed by atoms with Gasteiger partial charge >= 0.3 is 0 Å². The number of carbonyl (C=O) groups is 1. The number of hydrogen-bond donors (Lipinski definition) is 2. The highest BCUT2D eigenvalue weighted by atomic mass is 32.1.